The molecular formula is C12H15NO3. The number of hydrogen-bond donors (Lipinski definition) is 2. The standard InChI is InChI=1S/C12H15NO3/c1-2-11(14)13-8-10-5-3-9(4-6-10)7-12(15)16/h3-6H,2,7-8H2,1H3,(H,13,14)(H,15,16). The van der Waals surface area contributed by atoms with Crippen LogP contribution in [-0.4, -0.2) is 17.0 Å². The van der Waals surface area contributed by atoms with Crippen LogP contribution in [0.5, 0.6) is 0 Å². The minimum atomic E-state index is -0.841. The van der Waals surface area contributed by atoms with Gasteiger partial charge in [0, 0.05) is 13.0 Å². The van der Waals surface area contributed by atoms with Gasteiger partial charge in [-0.05, 0) is 11.1 Å². The molecule has 1 amide bonds. The quantitative estimate of drug-likeness (QED) is 0.788. The fourth-order valence-corrected chi connectivity index (χ4v) is 1.28. The molecule has 0 atom stereocenters. The normalized spacial score (nSPS) is 9.81. The number of carbonyl (C=O) groups is 2. The van der Waals surface area contributed by atoms with E-state index in [4.69, 9.17) is 5.11 Å². The number of carboxylic acids is 1. The Labute approximate surface area is 94.3 Å². The molecule has 0 spiro atoms. The van der Waals surface area contributed by atoms with Gasteiger partial charge in [-0.25, -0.2) is 0 Å². The van der Waals surface area contributed by atoms with Gasteiger partial charge in [-0.2, -0.15) is 0 Å². The van der Waals surface area contributed by atoms with E-state index in [2.05, 4.69) is 5.32 Å². The third-order valence-electron chi connectivity index (χ3n) is 2.19. The molecule has 0 unspecified atom stereocenters. The van der Waals surface area contributed by atoms with Crippen molar-refractivity contribution in [1.29, 1.82) is 0 Å². The van der Waals surface area contributed by atoms with Crippen LogP contribution in [0.15, 0.2) is 24.3 Å². The molecule has 4 heteroatoms. The summed E-state index contributed by atoms with van der Waals surface area (Å²) in [5, 5.41) is 11.3. The Kier molecular flexibility index (Phi) is 4.51. The molecule has 1 aromatic rings. The number of amides is 1. The number of nitrogens with one attached hydrogen (secondary N) is 1. The smallest absolute Gasteiger partial charge is 0.307 e. The summed E-state index contributed by atoms with van der Waals surface area (Å²) in [6, 6.07) is 7.19. The van der Waals surface area contributed by atoms with Crippen LogP contribution < -0.4 is 5.32 Å². The van der Waals surface area contributed by atoms with Gasteiger partial charge < -0.3 is 10.4 Å². The first-order chi connectivity index (χ1) is 7.61. The highest BCUT2D eigenvalue weighted by Crippen LogP contribution is 2.05. The molecule has 86 valence electrons. The van der Waals surface area contributed by atoms with Gasteiger partial charge in [0.05, 0.1) is 6.42 Å². The Morgan fingerprint density at radius 1 is 1.19 bits per heavy atom. The zero-order valence-electron chi connectivity index (χ0n) is 9.19. The summed E-state index contributed by atoms with van der Waals surface area (Å²) < 4.78 is 0. The van der Waals surface area contributed by atoms with Gasteiger partial charge in [-0.1, -0.05) is 31.2 Å². The zero-order valence-corrected chi connectivity index (χ0v) is 9.19. The van der Waals surface area contributed by atoms with Crippen molar-refractivity contribution < 1.29 is 14.7 Å². The Balaban J connectivity index is 2.51. The highest BCUT2D eigenvalue weighted by atomic mass is 16.4. The average Bonchev–Trinajstić information content (AvgIpc) is 2.27. The van der Waals surface area contributed by atoms with Crippen molar-refractivity contribution >= 4 is 11.9 Å². The van der Waals surface area contributed by atoms with Gasteiger partial charge in [0.25, 0.3) is 0 Å². The summed E-state index contributed by atoms with van der Waals surface area (Å²) in [4.78, 5) is 21.5. The summed E-state index contributed by atoms with van der Waals surface area (Å²) >= 11 is 0. The highest BCUT2D eigenvalue weighted by molar-refractivity contribution is 5.75. The van der Waals surface area contributed by atoms with Crippen molar-refractivity contribution in [3.8, 4) is 0 Å². The lowest BCUT2D eigenvalue weighted by Crippen LogP contribution is -2.21. The molecule has 4 nitrogen and oxygen atoms in total. The van der Waals surface area contributed by atoms with Gasteiger partial charge in [0.2, 0.25) is 5.91 Å². The van der Waals surface area contributed by atoms with Gasteiger partial charge in [-0.15, -0.1) is 0 Å². The minimum Gasteiger partial charge on any atom is -0.481 e. The van der Waals surface area contributed by atoms with Crippen LogP contribution in [0.1, 0.15) is 24.5 Å². The van der Waals surface area contributed by atoms with Crippen LogP contribution in [0.3, 0.4) is 0 Å². The molecule has 1 rings (SSSR count). The van der Waals surface area contributed by atoms with E-state index in [9.17, 15) is 9.59 Å². The number of carbonyl (C=O) groups excluding carboxylic acids is 1. The molecular weight excluding hydrogens is 206 g/mol. The molecule has 0 aliphatic heterocycles. The lowest BCUT2D eigenvalue weighted by Gasteiger charge is -2.04. The lowest BCUT2D eigenvalue weighted by molar-refractivity contribution is -0.136. The van der Waals surface area contributed by atoms with E-state index in [1.54, 1.807) is 19.1 Å². The Morgan fingerprint density at radius 3 is 2.25 bits per heavy atom. The molecule has 0 saturated carbocycles. The lowest BCUT2D eigenvalue weighted by atomic mass is 10.1. The summed E-state index contributed by atoms with van der Waals surface area (Å²) in [5.41, 5.74) is 1.73. The van der Waals surface area contributed by atoms with Gasteiger partial charge >= 0.3 is 5.97 Å². The monoisotopic (exact) mass is 221 g/mol. The second kappa shape index (κ2) is 5.90. The van der Waals surface area contributed by atoms with E-state index >= 15 is 0 Å². The first kappa shape index (κ1) is 12.2. The maximum atomic E-state index is 11.0. The van der Waals surface area contributed by atoms with E-state index < -0.39 is 5.97 Å². The highest BCUT2D eigenvalue weighted by Gasteiger charge is 2.01. The Bertz CT molecular complexity index is 370. The predicted octanol–water partition coefficient (Wildman–Crippen LogP) is 1.34. The maximum Gasteiger partial charge on any atom is 0.307 e. The zero-order chi connectivity index (χ0) is 12.0. The fourth-order valence-electron chi connectivity index (χ4n) is 1.28. The van der Waals surface area contributed by atoms with Crippen LogP contribution in [0, 0.1) is 0 Å². The maximum absolute atomic E-state index is 11.0. The van der Waals surface area contributed by atoms with E-state index in [1.807, 2.05) is 12.1 Å². The largest absolute Gasteiger partial charge is 0.481 e. The number of carboxylic acid groups (broad SMARTS) is 1. The number of rotatable bonds is 5. The minimum absolute atomic E-state index is 0.00890. The molecule has 0 aliphatic carbocycles. The third kappa shape index (κ3) is 4.13. The van der Waals surface area contributed by atoms with Crippen molar-refractivity contribution in [2.75, 3.05) is 0 Å². The molecule has 0 bridgehead atoms. The second-order valence-corrected chi connectivity index (χ2v) is 3.52. The summed E-state index contributed by atoms with van der Waals surface area (Å²) in [5.74, 6) is -0.832. The van der Waals surface area contributed by atoms with Gasteiger partial charge in [0.1, 0.15) is 0 Å². The first-order valence-corrected chi connectivity index (χ1v) is 5.18. The topological polar surface area (TPSA) is 66.4 Å². The molecule has 0 fully saturated rings. The van der Waals surface area contributed by atoms with E-state index in [1.165, 1.54) is 0 Å². The summed E-state index contributed by atoms with van der Waals surface area (Å²) in [6.45, 7) is 2.28. The van der Waals surface area contributed by atoms with Crippen LogP contribution >= 0.6 is 0 Å². The number of hydrogen-bond acceptors (Lipinski definition) is 2. The molecule has 2 N–H and O–H groups in total. The van der Waals surface area contributed by atoms with Crippen molar-refractivity contribution in [3.05, 3.63) is 35.4 Å². The van der Waals surface area contributed by atoms with Crippen molar-refractivity contribution in [2.24, 2.45) is 0 Å². The fraction of sp³-hybridized carbons (Fsp3) is 0.333. The van der Waals surface area contributed by atoms with Crippen LogP contribution in [0.25, 0.3) is 0 Å². The molecule has 0 radical (unpaired) electrons. The molecule has 16 heavy (non-hydrogen) atoms. The van der Waals surface area contributed by atoms with Crippen molar-refractivity contribution in [2.45, 2.75) is 26.3 Å². The Morgan fingerprint density at radius 2 is 1.75 bits per heavy atom. The summed E-state index contributed by atoms with van der Waals surface area (Å²) in [6.07, 6.45) is 0.499. The predicted molar refractivity (Wildman–Crippen MR) is 59.9 cm³/mol. The van der Waals surface area contributed by atoms with Crippen molar-refractivity contribution in [3.63, 3.8) is 0 Å². The van der Waals surface area contributed by atoms with E-state index in [-0.39, 0.29) is 12.3 Å². The van der Waals surface area contributed by atoms with Crippen LogP contribution in [-0.2, 0) is 22.6 Å². The van der Waals surface area contributed by atoms with Gasteiger partial charge in [-0.3, -0.25) is 9.59 Å². The van der Waals surface area contributed by atoms with Gasteiger partial charge in [0.15, 0.2) is 0 Å². The number of benzene rings is 1. The van der Waals surface area contributed by atoms with E-state index in [0.29, 0.717) is 13.0 Å². The second-order valence-electron chi connectivity index (χ2n) is 3.52. The molecule has 0 saturated heterocycles. The molecule has 1 aromatic carbocycles. The average molecular weight is 221 g/mol. The van der Waals surface area contributed by atoms with Crippen LogP contribution in [0.2, 0.25) is 0 Å². The number of aliphatic carboxylic acids is 1. The summed E-state index contributed by atoms with van der Waals surface area (Å²) in [7, 11) is 0. The first-order valence-electron chi connectivity index (χ1n) is 5.18. The van der Waals surface area contributed by atoms with E-state index in [0.717, 1.165) is 11.1 Å². The third-order valence-corrected chi connectivity index (χ3v) is 2.19. The molecule has 0 aliphatic rings. The van der Waals surface area contributed by atoms with Crippen LogP contribution in [0.4, 0.5) is 0 Å². The van der Waals surface area contributed by atoms with Crippen molar-refractivity contribution in [1.82, 2.24) is 5.32 Å². The molecule has 0 heterocycles. The SMILES string of the molecule is CCC(=O)NCc1ccc(CC(=O)O)cc1. The Hall–Kier alpha value is -1.84. The molecule has 0 aromatic heterocycles.